The molecule has 0 radical (unpaired) electrons. The molecule has 7 nitrogen and oxygen atoms in total. The van der Waals surface area contributed by atoms with Crippen molar-refractivity contribution in [3.05, 3.63) is 33.1 Å². The fraction of sp³-hybridized carbons (Fsp3) is 0.583. The maximum atomic E-state index is 11.9. The number of H-pyrrole nitrogens is 1. The van der Waals surface area contributed by atoms with E-state index in [9.17, 15) is 14.4 Å². The molecule has 0 aromatic carbocycles. The number of aromatic amines is 1. The van der Waals surface area contributed by atoms with Crippen LogP contribution < -0.4 is 11.2 Å². The lowest BCUT2D eigenvalue weighted by atomic mass is 10.3. The Morgan fingerprint density at radius 2 is 2.32 bits per heavy atom. The van der Waals surface area contributed by atoms with Crippen molar-refractivity contribution in [1.29, 1.82) is 0 Å². The monoisotopic (exact) mass is 267 g/mol. The van der Waals surface area contributed by atoms with Gasteiger partial charge in [0.1, 0.15) is 0 Å². The molecule has 1 unspecified atom stereocenters. The fourth-order valence-corrected chi connectivity index (χ4v) is 2.14. The quantitative estimate of drug-likeness (QED) is 0.772. The first-order valence-electron chi connectivity index (χ1n) is 6.20. The number of amides is 1. The number of carbonyl (C=O) groups excluding carboxylic acids is 1. The second-order valence-corrected chi connectivity index (χ2v) is 4.54. The molecule has 0 spiro atoms. The molecule has 0 aliphatic carbocycles. The molecule has 1 fully saturated rings. The summed E-state index contributed by atoms with van der Waals surface area (Å²) in [7, 11) is 1.64. The zero-order valence-corrected chi connectivity index (χ0v) is 10.8. The van der Waals surface area contributed by atoms with Crippen LogP contribution in [0.2, 0.25) is 0 Å². The highest BCUT2D eigenvalue weighted by atomic mass is 16.5. The molecule has 1 atom stereocenters. The number of likely N-dealkylation sites (tertiary alicyclic amines) is 1. The molecule has 1 amide bonds. The van der Waals surface area contributed by atoms with Gasteiger partial charge in [-0.05, 0) is 6.42 Å². The van der Waals surface area contributed by atoms with Crippen LogP contribution in [0.5, 0.6) is 0 Å². The normalized spacial score (nSPS) is 18.8. The van der Waals surface area contributed by atoms with Crippen molar-refractivity contribution in [3.63, 3.8) is 0 Å². The average Bonchev–Trinajstić information content (AvgIpc) is 2.86. The molecule has 0 saturated carbocycles. The Balaban J connectivity index is 1.90. The highest BCUT2D eigenvalue weighted by molar-refractivity contribution is 5.76. The first-order valence-corrected chi connectivity index (χ1v) is 6.20. The smallest absolute Gasteiger partial charge is 0.328 e. The molecule has 1 aromatic heterocycles. The van der Waals surface area contributed by atoms with Gasteiger partial charge in [-0.2, -0.15) is 0 Å². The summed E-state index contributed by atoms with van der Waals surface area (Å²) in [5.74, 6) is -0.00218. The van der Waals surface area contributed by atoms with E-state index < -0.39 is 11.2 Å². The van der Waals surface area contributed by atoms with Crippen LogP contribution >= 0.6 is 0 Å². The summed E-state index contributed by atoms with van der Waals surface area (Å²) in [5, 5.41) is 0. The first-order chi connectivity index (χ1) is 9.10. The lowest BCUT2D eigenvalue weighted by molar-refractivity contribution is -0.130. The minimum absolute atomic E-state index is 0.00218. The van der Waals surface area contributed by atoms with Crippen molar-refractivity contribution >= 4 is 5.91 Å². The number of hydrogen-bond donors (Lipinski definition) is 1. The largest absolute Gasteiger partial charge is 0.380 e. The van der Waals surface area contributed by atoms with Crippen LogP contribution in [0, 0.1) is 0 Å². The molecule has 1 saturated heterocycles. The van der Waals surface area contributed by atoms with Crippen LogP contribution in [0.25, 0.3) is 0 Å². The number of methoxy groups -OCH3 is 1. The molecule has 0 bridgehead atoms. The summed E-state index contributed by atoms with van der Waals surface area (Å²) >= 11 is 0. The minimum atomic E-state index is -0.489. The Bertz CT molecular complexity index is 563. The molecule has 2 heterocycles. The zero-order chi connectivity index (χ0) is 13.8. The molecule has 1 aliphatic rings. The van der Waals surface area contributed by atoms with Crippen LogP contribution in [0.1, 0.15) is 12.8 Å². The first kappa shape index (κ1) is 13.5. The molecule has 19 heavy (non-hydrogen) atoms. The summed E-state index contributed by atoms with van der Waals surface area (Å²) in [4.78, 5) is 38.2. The van der Waals surface area contributed by atoms with Crippen LogP contribution in [0.3, 0.4) is 0 Å². The second-order valence-electron chi connectivity index (χ2n) is 4.54. The van der Waals surface area contributed by atoms with Gasteiger partial charge in [0.25, 0.3) is 5.56 Å². The van der Waals surface area contributed by atoms with Gasteiger partial charge in [-0.3, -0.25) is 14.6 Å². The molecular weight excluding hydrogens is 250 g/mol. The Labute approximate surface area is 109 Å². The second kappa shape index (κ2) is 5.83. The number of nitrogens with one attached hydrogen (secondary N) is 1. The van der Waals surface area contributed by atoms with E-state index in [1.807, 2.05) is 0 Å². The highest BCUT2D eigenvalue weighted by Crippen LogP contribution is 2.12. The average molecular weight is 267 g/mol. The predicted octanol–water partition coefficient (Wildman–Crippen LogP) is -0.826. The number of rotatable bonds is 4. The summed E-state index contributed by atoms with van der Waals surface area (Å²) in [5.41, 5.74) is -0.924. The minimum Gasteiger partial charge on any atom is -0.380 e. The summed E-state index contributed by atoms with van der Waals surface area (Å²) < 4.78 is 6.52. The third-order valence-electron chi connectivity index (χ3n) is 3.29. The summed E-state index contributed by atoms with van der Waals surface area (Å²) in [6, 6.07) is 1.27. The van der Waals surface area contributed by atoms with E-state index in [1.54, 1.807) is 12.0 Å². The fourth-order valence-electron chi connectivity index (χ4n) is 2.14. The topological polar surface area (TPSA) is 84.4 Å². The van der Waals surface area contributed by atoms with E-state index in [0.29, 0.717) is 13.1 Å². The third kappa shape index (κ3) is 3.31. The van der Waals surface area contributed by atoms with E-state index in [4.69, 9.17) is 4.74 Å². The van der Waals surface area contributed by atoms with E-state index in [1.165, 1.54) is 16.8 Å². The zero-order valence-electron chi connectivity index (χ0n) is 10.8. The van der Waals surface area contributed by atoms with Gasteiger partial charge < -0.3 is 14.2 Å². The Morgan fingerprint density at radius 3 is 2.95 bits per heavy atom. The number of nitrogens with zero attached hydrogens (tertiary/aromatic N) is 2. The molecule has 7 heteroatoms. The number of ether oxygens (including phenoxy) is 1. The summed E-state index contributed by atoms with van der Waals surface area (Å²) in [6.07, 6.45) is 2.60. The highest BCUT2D eigenvalue weighted by Gasteiger charge is 2.25. The van der Waals surface area contributed by atoms with Gasteiger partial charge in [0, 0.05) is 45.4 Å². The van der Waals surface area contributed by atoms with Crippen molar-refractivity contribution in [3.8, 4) is 0 Å². The Kier molecular flexibility index (Phi) is 4.16. The van der Waals surface area contributed by atoms with Gasteiger partial charge in [-0.15, -0.1) is 0 Å². The molecule has 104 valence electrons. The maximum Gasteiger partial charge on any atom is 0.328 e. The summed E-state index contributed by atoms with van der Waals surface area (Å²) in [6.45, 7) is 1.57. The van der Waals surface area contributed by atoms with Crippen molar-refractivity contribution in [2.24, 2.45) is 0 Å². The standard InChI is InChI=1S/C12H17N3O4/c1-19-9-2-5-15(8-9)11(17)4-7-14-6-3-10(16)13-12(14)18/h3,6,9H,2,4-5,7-8H2,1H3,(H,13,16,18). The third-order valence-corrected chi connectivity index (χ3v) is 3.29. The molecule has 1 N–H and O–H groups in total. The SMILES string of the molecule is COC1CCN(C(=O)CCn2ccc(=O)[nH]c2=O)C1. The lowest BCUT2D eigenvalue weighted by Crippen LogP contribution is -2.33. The van der Waals surface area contributed by atoms with Crippen molar-refractivity contribution in [1.82, 2.24) is 14.5 Å². The number of hydrogen-bond acceptors (Lipinski definition) is 4. The molecule has 2 rings (SSSR count). The van der Waals surface area contributed by atoms with Gasteiger partial charge in [0.2, 0.25) is 5.91 Å². The van der Waals surface area contributed by atoms with Gasteiger partial charge in [-0.25, -0.2) is 4.79 Å². The molecule has 1 aromatic rings. The van der Waals surface area contributed by atoms with E-state index in [-0.39, 0.29) is 25.0 Å². The number of carbonyl (C=O) groups is 1. The van der Waals surface area contributed by atoms with Crippen LogP contribution in [-0.4, -0.2) is 46.7 Å². The lowest BCUT2D eigenvalue weighted by Gasteiger charge is -2.16. The van der Waals surface area contributed by atoms with Crippen molar-refractivity contribution < 1.29 is 9.53 Å². The van der Waals surface area contributed by atoms with E-state index in [2.05, 4.69) is 4.98 Å². The van der Waals surface area contributed by atoms with Crippen molar-refractivity contribution in [2.45, 2.75) is 25.5 Å². The maximum absolute atomic E-state index is 11.9. The van der Waals surface area contributed by atoms with Crippen LogP contribution in [0.4, 0.5) is 0 Å². The molecule has 1 aliphatic heterocycles. The van der Waals surface area contributed by atoms with Gasteiger partial charge in [-0.1, -0.05) is 0 Å². The Hall–Kier alpha value is -1.89. The van der Waals surface area contributed by atoms with E-state index in [0.717, 1.165) is 6.42 Å². The van der Waals surface area contributed by atoms with Gasteiger partial charge >= 0.3 is 5.69 Å². The van der Waals surface area contributed by atoms with Crippen LogP contribution in [0.15, 0.2) is 21.9 Å². The molecular formula is C12H17N3O4. The van der Waals surface area contributed by atoms with Gasteiger partial charge in [0.05, 0.1) is 6.10 Å². The van der Waals surface area contributed by atoms with Crippen LogP contribution in [-0.2, 0) is 16.1 Å². The number of aromatic nitrogens is 2. The Morgan fingerprint density at radius 1 is 1.53 bits per heavy atom. The van der Waals surface area contributed by atoms with E-state index >= 15 is 0 Å². The predicted molar refractivity (Wildman–Crippen MR) is 67.9 cm³/mol. The number of aryl methyl sites for hydroxylation is 1. The van der Waals surface area contributed by atoms with Crippen molar-refractivity contribution in [2.75, 3.05) is 20.2 Å². The van der Waals surface area contributed by atoms with Gasteiger partial charge in [0.15, 0.2) is 0 Å².